The zero-order valence-corrected chi connectivity index (χ0v) is 74.5. The van der Waals surface area contributed by atoms with E-state index in [1.165, 1.54) is 81.4 Å². The van der Waals surface area contributed by atoms with Crippen molar-refractivity contribution in [3.05, 3.63) is 216 Å². The van der Waals surface area contributed by atoms with E-state index in [1.54, 1.807) is 112 Å². The molecule has 127 heavy (non-hydrogen) atoms. The molecule has 0 unspecified atom stereocenters. The van der Waals surface area contributed by atoms with E-state index in [0.717, 1.165) is 37.2 Å². The van der Waals surface area contributed by atoms with Gasteiger partial charge in [0.05, 0.1) is 25.3 Å². The lowest BCUT2D eigenvalue weighted by Crippen LogP contribution is -2.61. The number of fused-ring (bicyclic) bond motifs is 2. The van der Waals surface area contributed by atoms with Crippen molar-refractivity contribution in [1.29, 1.82) is 0 Å². The zero-order valence-electron chi connectivity index (χ0n) is 73.6. The molecule has 7 aromatic carbocycles. The topological polar surface area (TPSA) is 428 Å². The molecule has 676 valence electrons. The molecule has 32 heteroatoms. The van der Waals surface area contributed by atoms with Crippen LogP contribution in [0.25, 0.3) is 21.7 Å². The summed E-state index contributed by atoms with van der Waals surface area (Å²) in [6, 6.07) is 34.4. The quantitative estimate of drug-likeness (QED) is 0.0422. The second-order valence-electron chi connectivity index (χ2n) is 33.4. The van der Waals surface area contributed by atoms with Gasteiger partial charge in [-0.2, -0.15) is 0 Å². The number of aromatic nitrogens is 1. The molecule has 0 spiro atoms. The summed E-state index contributed by atoms with van der Waals surface area (Å²) in [7, 11) is 6.74. The fourth-order valence-corrected chi connectivity index (χ4v) is 16.2. The van der Waals surface area contributed by atoms with E-state index in [1.807, 2.05) is 75.4 Å². The number of benzene rings is 7. The van der Waals surface area contributed by atoms with Gasteiger partial charge in [-0.05, 0) is 106 Å². The number of likely N-dealkylation sites (N-methyl/N-ethyl adjacent to an activating group) is 5. The van der Waals surface area contributed by atoms with Crippen molar-refractivity contribution in [2.75, 3.05) is 59.8 Å². The molecule has 1 aliphatic rings. The number of carboxylic acid groups (broad SMARTS) is 1. The first kappa shape index (κ1) is 97.7. The molecule has 1 aromatic heterocycles. The molecule has 8 aromatic rings. The monoisotopic (exact) mass is 1760 g/mol. The number of para-hydroxylation sites is 1. The average molecular weight is 1760 g/mol. The van der Waals surface area contributed by atoms with E-state index in [2.05, 4.69) is 47.5 Å². The minimum Gasteiger partial charge on any atom is -0.508 e. The van der Waals surface area contributed by atoms with Gasteiger partial charge in [-0.1, -0.05) is 193 Å². The number of hydrogen-bond acceptors (Lipinski definition) is 17. The summed E-state index contributed by atoms with van der Waals surface area (Å²) in [5, 5.41) is 55.8. The van der Waals surface area contributed by atoms with E-state index in [4.69, 9.17) is 0 Å². The summed E-state index contributed by atoms with van der Waals surface area (Å²) in [5.41, 5.74) is 4.01. The average Bonchev–Trinajstić information content (AvgIpc) is 1.80. The number of hydrogen-bond donors (Lipinski definition) is 12. The van der Waals surface area contributed by atoms with E-state index in [-0.39, 0.29) is 80.3 Å². The van der Waals surface area contributed by atoms with Crippen molar-refractivity contribution in [3.8, 4) is 11.5 Å². The number of phenols is 2. The highest BCUT2D eigenvalue weighted by Gasteiger charge is 2.42. The Morgan fingerprint density at radius 2 is 0.898 bits per heavy atom. The number of unbranched alkanes of at least 4 members (excludes halogenated alkanes) is 1. The van der Waals surface area contributed by atoms with Gasteiger partial charge in [0.15, 0.2) is 0 Å². The van der Waals surface area contributed by atoms with Gasteiger partial charge in [0.1, 0.15) is 71.9 Å². The number of aliphatic carboxylic acids is 1. The zero-order chi connectivity index (χ0) is 92.3. The normalized spacial score (nSPS) is 22.2. The SMILES string of the molecule is CCCC[C@H]1C(=O)N(C)CC(=O)N[C@@H](CC(=O)O)C(=O)N[C@@H](C(C)C)C(=O)N(C)[C@@H](Cc2ccccc2)C(=O)N[C@@H](Cc2ccc(O)cc2)C(=O)N(C)CC(=O)N[C@@H](Cc2c[nH]c3ccccc23)C(=O)N[C@@H](Cc2ccc(O)cc2)C(=O)N[C@@H](CC(C)C)C(=O)N[C@H](C)CSCC(=O)N[C@@H](Cc2ccc3ccccc3c2)C(=O)N(C)[C@@H](Cc2ccccc2)C(=O)N1C. The molecule has 1 aliphatic heterocycles. The van der Waals surface area contributed by atoms with Gasteiger partial charge in [-0.3, -0.25) is 67.1 Å². The standard InChI is InChI=1S/C95H118N14O17S/c1-12-13-32-78-93(124)106(8)54-82(113)99-75(51-84(115)116)89(120)104-85(58(4)5)95(126)108(10)79(48-60-24-16-14-17-25-60)90(121)103-76(46-63-36-41-69(111)42-37-63)91(122)105(7)53-81(112)98-74(50-67-52-96-71-31-23-22-30-70(67)71)88(119)102-73(45-62-34-39-68(110)40-35-62)87(118)101-72(43-57(2)3)86(117)97-59(6)55-127-56-83(114)100-77(47-64-33-38-65-28-20-21-29-66(65)44-64)92(123)109(11)80(94(125)107(78)9)49-61-26-18-15-19-27-61/h14-31,33-42,44,52,57-59,72-80,85,96,110-111H,12-13,32,43,45-51,53-56H2,1-11H3,(H,97,117)(H,98,112)(H,99,113)(H,100,114)(H,101,118)(H,102,119)(H,103,121)(H,104,120)(H,115,116)/t59-,72+,73+,74+,75+,76+,77+,78+,79+,80+,85+/m1/s1. The van der Waals surface area contributed by atoms with Gasteiger partial charge >= 0.3 is 5.97 Å². The Hall–Kier alpha value is -13.1. The molecule has 31 nitrogen and oxygen atoms in total. The first-order chi connectivity index (χ1) is 60.5. The van der Waals surface area contributed by atoms with Crippen LogP contribution in [-0.2, 0) is 106 Å². The minimum absolute atomic E-state index is 0.0426. The molecule has 11 atom stereocenters. The summed E-state index contributed by atoms with van der Waals surface area (Å²) in [6.45, 7) is 8.93. The highest BCUT2D eigenvalue weighted by atomic mass is 32.2. The Morgan fingerprint density at radius 3 is 1.49 bits per heavy atom. The van der Waals surface area contributed by atoms with Crippen LogP contribution in [0.5, 0.6) is 11.5 Å². The lowest BCUT2D eigenvalue weighted by atomic mass is 9.98. The molecule has 2 heterocycles. The lowest BCUT2D eigenvalue weighted by Gasteiger charge is -2.37. The van der Waals surface area contributed by atoms with Crippen molar-refractivity contribution in [2.45, 2.75) is 179 Å². The number of carbonyl (C=O) groups excluding carboxylic acids is 13. The van der Waals surface area contributed by atoms with Crippen molar-refractivity contribution >= 4 is 116 Å². The number of thioether (sulfide) groups is 1. The highest BCUT2D eigenvalue weighted by molar-refractivity contribution is 8.00. The van der Waals surface area contributed by atoms with Crippen LogP contribution in [0.4, 0.5) is 0 Å². The van der Waals surface area contributed by atoms with E-state index < -0.39 is 175 Å². The lowest BCUT2D eigenvalue weighted by molar-refractivity contribution is -0.151. The number of carbonyl (C=O) groups is 14. The van der Waals surface area contributed by atoms with Crippen LogP contribution in [-0.4, -0.2) is 254 Å². The van der Waals surface area contributed by atoms with Crippen LogP contribution < -0.4 is 42.5 Å². The number of amides is 13. The van der Waals surface area contributed by atoms with Crippen molar-refractivity contribution in [3.63, 3.8) is 0 Å². The highest BCUT2D eigenvalue weighted by Crippen LogP contribution is 2.26. The molecule has 0 bridgehead atoms. The van der Waals surface area contributed by atoms with Gasteiger partial charge in [-0.25, -0.2) is 0 Å². The number of H-pyrrole nitrogens is 1. The van der Waals surface area contributed by atoms with Crippen molar-refractivity contribution < 1.29 is 82.4 Å². The summed E-state index contributed by atoms with van der Waals surface area (Å²) < 4.78 is 0. The number of phenolic OH excluding ortho intramolecular Hbond substituents is 2. The number of aromatic hydroxyl groups is 2. The van der Waals surface area contributed by atoms with Crippen LogP contribution >= 0.6 is 11.8 Å². The van der Waals surface area contributed by atoms with Crippen LogP contribution in [0, 0.1) is 11.8 Å². The first-order valence-electron chi connectivity index (χ1n) is 42.7. The van der Waals surface area contributed by atoms with Gasteiger partial charge < -0.3 is 87.3 Å². The van der Waals surface area contributed by atoms with Crippen LogP contribution in [0.1, 0.15) is 107 Å². The third-order valence-corrected chi connectivity index (χ3v) is 23.6. The molecule has 12 N–H and O–H groups in total. The molecule has 0 saturated carbocycles. The van der Waals surface area contributed by atoms with Crippen molar-refractivity contribution in [1.82, 2.24) is 72.0 Å². The fraction of sp³-hybridized carbons (Fsp3) is 0.411. The second kappa shape index (κ2) is 46.7. The number of nitrogens with one attached hydrogen (secondary N) is 9. The van der Waals surface area contributed by atoms with E-state index in [0.29, 0.717) is 57.1 Å². The largest absolute Gasteiger partial charge is 0.508 e. The van der Waals surface area contributed by atoms with Gasteiger partial charge in [0, 0.05) is 103 Å². The first-order valence-corrected chi connectivity index (χ1v) is 43.9. The molecule has 9 rings (SSSR count). The van der Waals surface area contributed by atoms with Crippen LogP contribution in [0.2, 0.25) is 0 Å². The number of carboxylic acids is 1. The third kappa shape index (κ3) is 28.4. The molecule has 0 aliphatic carbocycles. The second-order valence-corrected chi connectivity index (χ2v) is 34.5. The fourth-order valence-electron chi connectivity index (χ4n) is 15.4. The number of aromatic amines is 1. The molecule has 1 saturated heterocycles. The summed E-state index contributed by atoms with van der Waals surface area (Å²) in [6.07, 6.45) is 0.841. The maximum Gasteiger partial charge on any atom is 0.305 e. The predicted octanol–water partition coefficient (Wildman–Crippen LogP) is 5.90. The third-order valence-electron chi connectivity index (χ3n) is 22.4. The Bertz CT molecular complexity index is 5170. The van der Waals surface area contributed by atoms with Gasteiger partial charge in [0.2, 0.25) is 76.8 Å². The Balaban J connectivity index is 1.09. The predicted molar refractivity (Wildman–Crippen MR) is 483 cm³/mol. The Morgan fingerprint density at radius 1 is 0.433 bits per heavy atom. The van der Waals surface area contributed by atoms with Gasteiger partial charge in [0.25, 0.3) is 0 Å². The minimum atomic E-state index is -1.88. The molecular weight excluding hydrogens is 1640 g/mol. The van der Waals surface area contributed by atoms with Crippen LogP contribution in [0.15, 0.2) is 182 Å². The summed E-state index contributed by atoms with van der Waals surface area (Å²) in [5.74, 6) is -13.3. The smallest absolute Gasteiger partial charge is 0.305 e. The van der Waals surface area contributed by atoms with Crippen molar-refractivity contribution in [2.24, 2.45) is 11.8 Å². The summed E-state index contributed by atoms with van der Waals surface area (Å²) in [4.78, 5) is 217. The molecule has 0 radical (unpaired) electrons. The maximum atomic E-state index is 15.6. The molecular formula is C95H118N14O17S. The summed E-state index contributed by atoms with van der Waals surface area (Å²) >= 11 is 1.15. The van der Waals surface area contributed by atoms with E-state index >= 15 is 38.4 Å². The van der Waals surface area contributed by atoms with Crippen LogP contribution in [0.3, 0.4) is 0 Å². The number of nitrogens with zero attached hydrogens (tertiary/aromatic N) is 5. The molecule has 1 fully saturated rings. The Kier molecular flexibility index (Phi) is 35.9. The van der Waals surface area contributed by atoms with E-state index in [9.17, 15) is 44.1 Å². The van der Waals surface area contributed by atoms with Gasteiger partial charge in [-0.15, -0.1) is 11.8 Å². The Labute approximate surface area is 744 Å². The maximum absolute atomic E-state index is 15.6. The number of rotatable bonds is 20. The molecule has 13 amide bonds.